The topological polar surface area (TPSA) is 138 Å². The Balaban J connectivity index is 1.37. The first-order valence-electron chi connectivity index (χ1n) is 13.1. The fourth-order valence-electron chi connectivity index (χ4n) is 5.02. The molecule has 40 heavy (non-hydrogen) atoms. The zero-order valence-corrected chi connectivity index (χ0v) is 23.1. The number of phenolic OH excluding ortho intramolecular Hbond substituents is 1. The van der Waals surface area contributed by atoms with Gasteiger partial charge in [0.25, 0.3) is 0 Å². The van der Waals surface area contributed by atoms with Crippen molar-refractivity contribution in [2.24, 2.45) is 7.05 Å². The predicted octanol–water partition coefficient (Wildman–Crippen LogP) is 4.04. The summed E-state index contributed by atoms with van der Waals surface area (Å²) < 4.78 is 7.25. The Labute approximate surface area is 230 Å². The van der Waals surface area contributed by atoms with Crippen LogP contribution in [-0.4, -0.2) is 82.8 Å². The van der Waals surface area contributed by atoms with E-state index in [0.29, 0.717) is 60.2 Å². The molecule has 1 aliphatic rings. The SMILES string of the molecule is Cc1c(O)c(-c2nc(-c3nnc[nH]3)c3cc(N4CCN(C(=O)OC(C)(C)C)CC4)ccc3n2)cc2cn(C)nc12. The van der Waals surface area contributed by atoms with Gasteiger partial charge in [-0.05, 0) is 52.0 Å². The van der Waals surface area contributed by atoms with E-state index >= 15 is 0 Å². The van der Waals surface area contributed by atoms with Crippen LogP contribution in [0.3, 0.4) is 0 Å². The number of aryl methyl sites for hydroxylation is 2. The van der Waals surface area contributed by atoms with Crippen molar-refractivity contribution in [3.05, 3.63) is 42.4 Å². The minimum absolute atomic E-state index is 0.0912. The van der Waals surface area contributed by atoms with Crippen molar-refractivity contribution in [1.82, 2.24) is 39.8 Å². The first kappa shape index (κ1) is 25.5. The van der Waals surface area contributed by atoms with Gasteiger partial charge in [0.15, 0.2) is 11.6 Å². The van der Waals surface area contributed by atoms with Crippen molar-refractivity contribution in [3.8, 4) is 28.7 Å². The van der Waals surface area contributed by atoms with Gasteiger partial charge in [-0.15, -0.1) is 10.2 Å². The number of hydrogen-bond donors (Lipinski definition) is 2. The zero-order chi connectivity index (χ0) is 28.2. The van der Waals surface area contributed by atoms with Crippen molar-refractivity contribution in [2.45, 2.75) is 33.3 Å². The molecule has 3 aromatic heterocycles. The third kappa shape index (κ3) is 4.65. The van der Waals surface area contributed by atoms with Crippen molar-refractivity contribution in [2.75, 3.05) is 31.1 Å². The van der Waals surface area contributed by atoms with Gasteiger partial charge in [-0.1, -0.05) is 0 Å². The highest BCUT2D eigenvalue weighted by atomic mass is 16.6. The Kier molecular flexibility index (Phi) is 6.05. The maximum atomic E-state index is 12.5. The number of piperazine rings is 1. The molecule has 12 heteroatoms. The normalized spacial score (nSPS) is 14.3. The molecular formula is C28H31N9O3. The van der Waals surface area contributed by atoms with E-state index in [2.05, 4.69) is 25.2 Å². The number of anilines is 1. The smallest absolute Gasteiger partial charge is 0.410 e. The summed E-state index contributed by atoms with van der Waals surface area (Å²) >= 11 is 0. The number of nitrogens with one attached hydrogen (secondary N) is 1. The Bertz CT molecular complexity index is 1730. The van der Waals surface area contributed by atoms with E-state index in [4.69, 9.17) is 14.7 Å². The van der Waals surface area contributed by atoms with Crippen LogP contribution in [0, 0.1) is 6.92 Å². The summed E-state index contributed by atoms with van der Waals surface area (Å²) in [5.41, 5.74) is 3.66. The summed E-state index contributed by atoms with van der Waals surface area (Å²) in [4.78, 5) is 29.2. The number of carbonyl (C=O) groups excluding carboxylic acids is 1. The van der Waals surface area contributed by atoms with Gasteiger partial charge in [0.05, 0.1) is 16.6 Å². The number of aromatic hydroxyl groups is 1. The van der Waals surface area contributed by atoms with Gasteiger partial charge in [-0.3, -0.25) is 4.68 Å². The first-order valence-corrected chi connectivity index (χ1v) is 13.1. The van der Waals surface area contributed by atoms with Crippen molar-refractivity contribution >= 4 is 33.6 Å². The molecule has 0 radical (unpaired) electrons. The van der Waals surface area contributed by atoms with Crippen LogP contribution in [0.25, 0.3) is 44.7 Å². The lowest BCUT2D eigenvalue weighted by molar-refractivity contribution is 0.0240. The van der Waals surface area contributed by atoms with Gasteiger partial charge in [0.2, 0.25) is 0 Å². The molecule has 1 fully saturated rings. The molecule has 4 heterocycles. The minimum atomic E-state index is -0.526. The van der Waals surface area contributed by atoms with Crippen LogP contribution in [0.4, 0.5) is 10.5 Å². The second-order valence-corrected chi connectivity index (χ2v) is 11.0. The Hall–Kier alpha value is -4.74. The number of aromatic amines is 1. The fraction of sp³-hybridized carbons (Fsp3) is 0.357. The summed E-state index contributed by atoms with van der Waals surface area (Å²) in [5.74, 6) is 0.969. The second-order valence-electron chi connectivity index (χ2n) is 11.0. The van der Waals surface area contributed by atoms with E-state index in [1.165, 1.54) is 6.33 Å². The monoisotopic (exact) mass is 541 g/mol. The van der Waals surface area contributed by atoms with Gasteiger partial charge in [-0.2, -0.15) is 5.10 Å². The number of aromatic nitrogens is 7. The molecule has 1 saturated heterocycles. The lowest BCUT2D eigenvalue weighted by Gasteiger charge is -2.36. The quantitative estimate of drug-likeness (QED) is 0.346. The molecule has 0 aliphatic carbocycles. The Morgan fingerprint density at radius 2 is 1.88 bits per heavy atom. The van der Waals surface area contributed by atoms with Crippen LogP contribution in [0.2, 0.25) is 0 Å². The Morgan fingerprint density at radius 3 is 2.58 bits per heavy atom. The fourth-order valence-corrected chi connectivity index (χ4v) is 5.02. The van der Waals surface area contributed by atoms with E-state index in [1.807, 2.05) is 65.2 Å². The van der Waals surface area contributed by atoms with Crippen molar-refractivity contribution in [1.29, 1.82) is 0 Å². The molecule has 0 saturated carbocycles. The molecule has 0 spiro atoms. The number of ether oxygens (including phenoxy) is 1. The average Bonchev–Trinajstić information content (AvgIpc) is 3.59. The summed E-state index contributed by atoms with van der Waals surface area (Å²) in [6, 6.07) is 7.86. The minimum Gasteiger partial charge on any atom is -0.507 e. The van der Waals surface area contributed by atoms with Crippen molar-refractivity contribution in [3.63, 3.8) is 0 Å². The third-order valence-electron chi connectivity index (χ3n) is 6.98. The van der Waals surface area contributed by atoms with Gasteiger partial charge < -0.3 is 24.6 Å². The highest BCUT2D eigenvalue weighted by Gasteiger charge is 2.27. The number of phenols is 1. The number of rotatable bonds is 3. The third-order valence-corrected chi connectivity index (χ3v) is 6.98. The number of nitrogens with zero attached hydrogens (tertiary/aromatic N) is 8. The van der Waals surface area contributed by atoms with E-state index in [9.17, 15) is 9.90 Å². The molecule has 0 bridgehead atoms. The number of amides is 1. The standard InChI is InChI=1S/C28H31N9O3/c1-16-22-17(14-35(5)34-22)12-20(24(16)38)25-31-21-7-6-18(13-19(21)23(32-25)26-29-15-30-33-26)36-8-10-37(11-9-36)27(39)40-28(2,3)4/h6-7,12-15,38H,8-11H2,1-5H3,(H,29,30,33). The maximum absolute atomic E-state index is 12.5. The van der Waals surface area contributed by atoms with Crippen LogP contribution >= 0.6 is 0 Å². The van der Waals surface area contributed by atoms with Gasteiger partial charge >= 0.3 is 6.09 Å². The summed E-state index contributed by atoms with van der Waals surface area (Å²) in [6.07, 6.45) is 3.12. The van der Waals surface area contributed by atoms with Gasteiger partial charge in [-0.25, -0.2) is 14.8 Å². The highest BCUT2D eigenvalue weighted by Crippen LogP contribution is 2.37. The molecule has 6 rings (SSSR count). The molecule has 206 valence electrons. The van der Waals surface area contributed by atoms with Crippen LogP contribution in [0.15, 0.2) is 36.8 Å². The van der Waals surface area contributed by atoms with E-state index in [0.717, 1.165) is 22.0 Å². The molecule has 5 aromatic rings. The Morgan fingerprint density at radius 1 is 1.10 bits per heavy atom. The number of benzene rings is 2. The van der Waals surface area contributed by atoms with Crippen molar-refractivity contribution < 1.29 is 14.6 Å². The molecule has 1 aliphatic heterocycles. The zero-order valence-electron chi connectivity index (χ0n) is 23.1. The first-order chi connectivity index (χ1) is 19.1. The number of H-pyrrole nitrogens is 1. The van der Waals surface area contributed by atoms with Crippen LogP contribution in [-0.2, 0) is 11.8 Å². The largest absolute Gasteiger partial charge is 0.507 e. The van der Waals surface area contributed by atoms with Gasteiger partial charge in [0, 0.05) is 61.4 Å². The lowest BCUT2D eigenvalue weighted by Crippen LogP contribution is -2.50. The number of hydrogen-bond acceptors (Lipinski definition) is 9. The average molecular weight is 542 g/mol. The molecule has 2 aromatic carbocycles. The van der Waals surface area contributed by atoms with E-state index in [1.54, 1.807) is 9.58 Å². The molecule has 1 amide bonds. The summed E-state index contributed by atoms with van der Waals surface area (Å²) in [6.45, 7) is 9.90. The number of fused-ring (bicyclic) bond motifs is 2. The molecule has 2 N–H and O–H groups in total. The van der Waals surface area contributed by atoms with Crippen LogP contribution in [0.1, 0.15) is 26.3 Å². The summed E-state index contributed by atoms with van der Waals surface area (Å²) in [7, 11) is 1.85. The molecular weight excluding hydrogens is 510 g/mol. The van der Waals surface area contributed by atoms with Crippen LogP contribution in [0.5, 0.6) is 5.75 Å². The maximum Gasteiger partial charge on any atom is 0.410 e. The second kappa shape index (κ2) is 9.47. The molecule has 0 unspecified atom stereocenters. The lowest BCUT2D eigenvalue weighted by atomic mass is 10.0. The van der Waals surface area contributed by atoms with Gasteiger partial charge in [0.1, 0.15) is 23.4 Å². The molecule has 12 nitrogen and oxygen atoms in total. The van der Waals surface area contributed by atoms with E-state index in [-0.39, 0.29) is 11.8 Å². The molecule has 0 atom stereocenters. The van der Waals surface area contributed by atoms with E-state index < -0.39 is 5.60 Å². The summed E-state index contributed by atoms with van der Waals surface area (Å²) in [5, 5.41) is 25.4. The highest BCUT2D eigenvalue weighted by molar-refractivity contribution is 5.96. The predicted molar refractivity (Wildman–Crippen MR) is 151 cm³/mol. The number of carbonyl (C=O) groups is 1. The van der Waals surface area contributed by atoms with Crippen LogP contribution < -0.4 is 4.90 Å².